The van der Waals surface area contributed by atoms with Crippen LogP contribution in [0.2, 0.25) is 5.02 Å². The van der Waals surface area contributed by atoms with Crippen LogP contribution in [0.4, 0.5) is 0 Å². The number of allylic oxidation sites excluding steroid dienone is 1. The molecule has 2 nitrogen and oxygen atoms in total. The van der Waals surface area contributed by atoms with Crippen LogP contribution >= 0.6 is 11.6 Å². The lowest BCUT2D eigenvalue weighted by molar-refractivity contribution is -0.0830. The van der Waals surface area contributed by atoms with Gasteiger partial charge in [0.1, 0.15) is 0 Å². The first kappa shape index (κ1) is 22.6. The summed E-state index contributed by atoms with van der Waals surface area (Å²) in [5, 5.41) is 0.802. The van der Waals surface area contributed by atoms with Gasteiger partial charge in [0.05, 0.1) is 12.2 Å². The summed E-state index contributed by atoms with van der Waals surface area (Å²) < 4.78 is 6.41. The van der Waals surface area contributed by atoms with Crippen molar-refractivity contribution >= 4 is 11.6 Å². The van der Waals surface area contributed by atoms with E-state index in [1.165, 1.54) is 22.3 Å². The van der Waals surface area contributed by atoms with Gasteiger partial charge in [-0.3, -0.25) is 4.90 Å². The molecule has 166 valence electrons. The molecule has 0 aliphatic carbocycles. The largest absolute Gasteiger partial charge is 0.365 e. The third-order valence-electron chi connectivity index (χ3n) is 7.47. The number of hydrogen-bond acceptors (Lipinski definition) is 2. The SMILES string of the molecule is CC/C(C)=C/C(CC(C)(C)c1ccc(Cl)cc1)N1CCC2(CC1)OCc1ccccc12. The van der Waals surface area contributed by atoms with Crippen molar-refractivity contribution in [2.75, 3.05) is 13.1 Å². The molecule has 2 aromatic carbocycles. The fourth-order valence-electron chi connectivity index (χ4n) is 5.30. The van der Waals surface area contributed by atoms with E-state index < -0.39 is 0 Å². The Bertz CT molecular complexity index is 922. The van der Waals surface area contributed by atoms with Gasteiger partial charge in [-0.25, -0.2) is 0 Å². The summed E-state index contributed by atoms with van der Waals surface area (Å²) >= 11 is 6.14. The highest BCUT2D eigenvalue weighted by molar-refractivity contribution is 6.30. The molecule has 2 heterocycles. The van der Waals surface area contributed by atoms with E-state index in [2.05, 4.69) is 75.1 Å². The molecule has 0 N–H and O–H groups in total. The highest BCUT2D eigenvalue weighted by Gasteiger charge is 2.43. The Morgan fingerprint density at radius 3 is 2.48 bits per heavy atom. The zero-order valence-corrected chi connectivity index (χ0v) is 20.2. The summed E-state index contributed by atoms with van der Waals surface area (Å²) in [6.45, 7) is 12.1. The van der Waals surface area contributed by atoms with Gasteiger partial charge in [0.25, 0.3) is 0 Å². The fourth-order valence-corrected chi connectivity index (χ4v) is 5.42. The van der Waals surface area contributed by atoms with E-state index >= 15 is 0 Å². The Labute approximate surface area is 193 Å². The summed E-state index contributed by atoms with van der Waals surface area (Å²) in [7, 11) is 0. The molecule has 0 radical (unpaired) electrons. The first-order valence-corrected chi connectivity index (χ1v) is 12.1. The molecule has 1 fully saturated rings. The Kier molecular flexibility index (Phi) is 6.62. The molecule has 0 amide bonds. The van der Waals surface area contributed by atoms with Crippen molar-refractivity contribution in [2.45, 2.75) is 77.0 Å². The molecule has 1 atom stereocenters. The van der Waals surface area contributed by atoms with E-state index in [0.717, 1.165) is 50.4 Å². The van der Waals surface area contributed by atoms with Gasteiger partial charge >= 0.3 is 0 Å². The number of hydrogen-bond donors (Lipinski definition) is 0. The molecule has 2 aliphatic heterocycles. The summed E-state index contributed by atoms with van der Waals surface area (Å²) in [4.78, 5) is 2.69. The second-order valence-electron chi connectivity index (χ2n) is 10.0. The van der Waals surface area contributed by atoms with Crippen molar-refractivity contribution in [3.63, 3.8) is 0 Å². The molecule has 0 bridgehead atoms. The molecule has 31 heavy (non-hydrogen) atoms. The number of likely N-dealkylation sites (tertiary alicyclic amines) is 1. The maximum atomic E-state index is 6.41. The summed E-state index contributed by atoms with van der Waals surface area (Å²) in [5.41, 5.74) is 5.62. The van der Waals surface area contributed by atoms with Gasteiger partial charge < -0.3 is 4.74 Å². The summed E-state index contributed by atoms with van der Waals surface area (Å²) in [5.74, 6) is 0. The zero-order valence-electron chi connectivity index (χ0n) is 19.5. The van der Waals surface area contributed by atoms with Gasteiger partial charge in [-0.15, -0.1) is 0 Å². The minimum atomic E-state index is -0.0765. The maximum Gasteiger partial charge on any atom is 0.0963 e. The first-order chi connectivity index (χ1) is 14.8. The van der Waals surface area contributed by atoms with Gasteiger partial charge in [0, 0.05) is 24.2 Å². The van der Waals surface area contributed by atoms with Crippen LogP contribution < -0.4 is 0 Å². The van der Waals surface area contributed by atoms with Crippen LogP contribution in [-0.2, 0) is 22.4 Å². The van der Waals surface area contributed by atoms with Gasteiger partial charge in [0.15, 0.2) is 0 Å². The van der Waals surface area contributed by atoms with Crippen molar-refractivity contribution in [3.05, 3.63) is 81.9 Å². The number of rotatable bonds is 6. The Morgan fingerprint density at radius 1 is 1.13 bits per heavy atom. The predicted octanol–water partition coefficient (Wildman–Crippen LogP) is 7.25. The normalized spacial score (nSPS) is 20.1. The zero-order chi connectivity index (χ0) is 22.1. The topological polar surface area (TPSA) is 12.5 Å². The van der Waals surface area contributed by atoms with Crippen LogP contribution in [0.3, 0.4) is 0 Å². The van der Waals surface area contributed by atoms with Crippen LogP contribution in [0, 0.1) is 0 Å². The third-order valence-corrected chi connectivity index (χ3v) is 7.72. The van der Waals surface area contributed by atoms with E-state index in [9.17, 15) is 0 Å². The number of nitrogens with zero attached hydrogens (tertiary/aromatic N) is 1. The number of fused-ring (bicyclic) bond motifs is 2. The molecule has 0 saturated carbocycles. The fraction of sp³-hybridized carbons (Fsp3) is 0.500. The Morgan fingerprint density at radius 2 is 1.81 bits per heavy atom. The van der Waals surface area contributed by atoms with E-state index in [4.69, 9.17) is 16.3 Å². The van der Waals surface area contributed by atoms with Crippen molar-refractivity contribution in [1.29, 1.82) is 0 Å². The van der Waals surface area contributed by atoms with Crippen LogP contribution in [0.25, 0.3) is 0 Å². The molecule has 2 aliphatic rings. The lowest BCUT2D eigenvalue weighted by atomic mass is 9.77. The number of benzene rings is 2. The second kappa shape index (κ2) is 9.10. The summed E-state index contributed by atoms with van der Waals surface area (Å²) in [6.07, 6.45) is 6.85. The molecule has 1 spiro atoms. The van der Waals surface area contributed by atoms with Crippen molar-refractivity contribution in [1.82, 2.24) is 4.90 Å². The van der Waals surface area contributed by atoms with Gasteiger partial charge in [-0.05, 0) is 66.8 Å². The van der Waals surface area contributed by atoms with Crippen LogP contribution in [0.5, 0.6) is 0 Å². The first-order valence-electron chi connectivity index (χ1n) is 11.7. The average molecular weight is 438 g/mol. The molecular formula is C28H36ClNO. The Balaban J connectivity index is 1.52. The van der Waals surface area contributed by atoms with Gasteiger partial charge in [0.2, 0.25) is 0 Å². The quantitative estimate of drug-likeness (QED) is 0.441. The molecule has 1 unspecified atom stereocenters. The predicted molar refractivity (Wildman–Crippen MR) is 131 cm³/mol. The van der Waals surface area contributed by atoms with Crippen molar-refractivity contribution < 1.29 is 4.74 Å². The van der Waals surface area contributed by atoms with Crippen LogP contribution in [0.15, 0.2) is 60.2 Å². The van der Waals surface area contributed by atoms with E-state index in [1.54, 1.807) is 0 Å². The smallest absolute Gasteiger partial charge is 0.0963 e. The van der Waals surface area contributed by atoms with Crippen LogP contribution in [0.1, 0.15) is 70.1 Å². The van der Waals surface area contributed by atoms with Crippen molar-refractivity contribution in [3.8, 4) is 0 Å². The molecule has 0 aromatic heterocycles. The van der Waals surface area contributed by atoms with Crippen LogP contribution in [-0.4, -0.2) is 24.0 Å². The Hall–Kier alpha value is -1.61. The molecule has 3 heteroatoms. The standard InChI is InChI=1S/C28H36ClNO/c1-5-21(2)18-25(19-27(3,4)23-10-12-24(29)13-11-23)30-16-14-28(15-17-30)26-9-7-6-8-22(26)20-31-28/h6-13,18,25H,5,14-17,19-20H2,1-4H3/b21-18+. The minimum absolute atomic E-state index is 0.0748. The highest BCUT2D eigenvalue weighted by Crippen LogP contribution is 2.45. The molecular weight excluding hydrogens is 402 g/mol. The van der Waals surface area contributed by atoms with Crippen molar-refractivity contribution in [2.24, 2.45) is 0 Å². The second-order valence-corrected chi connectivity index (χ2v) is 10.4. The summed E-state index contributed by atoms with van der Waals surface area (Å²) in [6, 6.07) is 17.6. The number of piperidine rings is 1. The van der Waals surface area contributed by atoms with Gasteiger partial charge in [-0.2, -0.15) is 0 Å². The van der Waals surface area contributed by atoms with E-state index in [0.29, 0.717) is 6.04 Å². The maximum absolute atomic E-state index is 6.41. The monoisotopic (exact) mass is 437 g/mol. The number of ether oxygens (including phenoxy) is 1. The molecule has 4 rings (SSSR count). The molecule has 1 saturated heterocycles. The lowest BCUT2D eigenvalue weighted by Crippen LogP contribution is -2.48. The van der Waals surface area contributed by atoms with E-state index in [-0.39, 0.29) is 11.0 Å². The molecule has 2 aromatic rings. The lowest BCUT2D eigenvalue weighted by Gasteiger charge is -2.44. The van der Waals surface area contributed by atoms with Gasteiger partial charge in [-0.1, -0.05) is 80.4 Å². The average Bonchev–Trinajstić information content (AvgIpc) is 3.12. The van der Waals surface area contributed by atoms with E-state index in [1.807, 2.05) is 12.1 Å². The minimum Gasteiger partial charge on any atom is -0.365 e. The third kappa shape index (κ3) is 4.77. The number of halogens is 1. The highest BCUT2D eigenvalue weighted by atomic mass is 35.5.